The lowest BCUT2D eigenvalue weighted by Gasteiger charge is -2.30. The Kier molecular flexibility index (Phi) is 7.93. The number of anilines is 2. The van der Waals surface area contributed by atoms with E-state index in [1.165, 1.54) is 23.0 Å². The van der Waals surface area contributed by atoms with Gasteiger partial charge in [-0.05, 0) is 31.7 Å². The van der Waals surface area contributed by atoms with Crippen molar-refractivity contribution < 1.29 is 31.5 Å². The number of carbonyl (C=O) groups is 1. The maximum absolute atomic E-state index is 13.0. The van der Waals surface area contributed by atoms with Crippen LogP contribution in [0.25, 0.3) is 11.2 Å². The molecule has 0 aliphatic heterocycles. The van der Waals surface area contributed by atoms with Gasteiger partial charge in [0.1, 0.15) is 11.1 Å². The molecular weight excluding hydrogens is 546 g/mol. The van der Waals surface area contributed by atoms with E-state index in [1.54, 1.807) is 7.05 Å². The lowest BCUT2D eigenvalue weighted by atomic mass is 9.85. The minimum absolute atomic E-state index is 0.115. The number of imidazole rings is 1. The van der Waals surface area contributed by atoms with Crippen LogP contribution in [-0.4, -0.2) is 50.7 Å². The van der Waals surface area contributed by atoms with Gasteiger partial charge < -0.3 is 15.4 Å². The Morgan fingerprint density at radius 2 is 1.81 bits per heavy atom. The summed E-state index contributed by atoms with van der Waals surface area (Å²) >= 11 is 12.3. The Hall–Kier alpha value is -2.93. The predicted octanol–water partition coefficient (Wildman–Crippen LogP) is 5.91. The number of nitrogens with zero attached hydrogens (tertiary/aromatic N) is 4. The first-order valence-electron chi connectivity index (χ1n) is 11.2. The van der Waals surface area contributed by atoms with Crippen molar-refractivity contribution in [3.05, 3.63) is 34.1 Å². The van der Waals surface area contributed by atoms with Crippen molar-refractivity contribution in [2.45, 2.75) is 44.3 Å². The number of aryl methyl sites for hydroxylation is 1. The van der Waals surface area contributed by atoms with E-state index < -0.39 is 37.1 Å². The number of ether oxygens (including phenoxy) is 1. The van der Waals surface area contributed by atoms with E-state index in [2.05, 4.69) is 25.6 Å². The van der Waals surface area contributed by atoms with E-state index in [0.717, 1.165) is 0 Å². The van der Waals surface area contributed by atoms with Gasteiger partial charge in [0.15, 0.2) is 12.3 Å². The summed E-state index contributed by atoms with van der Waals surface area (Å²) in [7, 11) is 1.59. The fraction of sp³-hybridized carbons (Fsp3) is 0.455. The lowest BCUT2D eigenvalue weighted by molar-refractivity contribution is -0.182. The summed E-state index contributed by atoms with van der Waals surface area (Å²) in [6, 6.07) is 0.808. The van der Waals surface area contributed by atoms with Crippen molar-refractivity contribution in [3.63, 3.8) is 0 Å². The summed E-state index contributed by atoms with van der Waals surface area (Å²) in [5, 5.41) is 6.06. The average Bonchev–Trinajstić information content (AvgIpc) is 3.13. The molecule has 3 heterocycles. The van der Waals surface area contributed by atoms with Crippen molar-refractivity contribution in [1.29, 1.82) is 0 Å². The molecule has 200 valence electrons. The summed E-state index contributed by atoms with van der Waals surface area (Å²) in [5.41, 5.74) is 0.575. The molecule has 0 unspecified atom stereocenters. The van der Waals surface area contributed by atoms with E-state index in [4.69, 9.17) is 27.9 Å². The van der Waals surface area contributed by atoms with Gasteiger partial charge in [-0.15, -0.1) is 0 Å². The summed E-state index contributed by atoms with van der Waals surface area (Å²) in [4.78, 5) is 25.5. The highest BCUT2D eigenvalue weighted by Crippen LogP contribution is 2.38. The second-order valence-corrected chi connectivity index (χ2v) is 9.36. The minimum atomic E-state index is -4.28. The van der Waals surface area contributed by atoms with Crippen LogP contribution in [0.4, 0.5) is 33.6 Å². The molecule has 0 aromatic carbocycles. The molecule has 1 aliphatic carbocycles. The summed E-state index contributed by atoms with van der Waals surface area (Å²) < 4.78 is 71.2. The van der Waals surface area contributed by atoms with Crippen LogP contribution in [0.5, 0.6) is 5.88 Å². The van der Waals surface area contributed by atoms with Crippen LogP contribution in [0.2, 0.25) is 10.0 Å². The number of hydrogen-bond donors (Lipinski definition) is 2. The number of nitrogens with one attached hydrogen (secondary N) is 2. The molecule has 0 spiro atoms. The van der Waals surface area contributed by atoms with Crippen molar-refractivity contribution in [2.75, 3.05) is 11.9 Å². The molecule has 15 heteroatoms. The predicted molar refractivity (Wildman–Crippen MR) is 127 cm³/mol. The molecule has 0 saturated heterocycles. The number of amides is 1. The third-order valence-electron chi connectivity index (χ3n) is 6.02. The normalized spacial score (nSPS) is 18.3. The maximum Gasteiger partial charge on any atom is 0.391 e. The first-order chi connectivity index (χ1) is 17.4. The number of rotatable bonds is 7. The van der Waals surface area contributed by atoms with Crippen LogP contribution < -0.4 is 15.4 Å². The smallest absolute Gasteiger partial charge is 0.391 e. The highest BCUT2D eigenvalue weighted by atomic mass is 35.5. The third-order valence-corrected chi connectivity index (χ3v) is 6.59. The van der Waals surface area contributed by atoms with E-state index in [1.807, 2.05) is 0 Å². The van der Waals surface area contributed by atoms with Gasteiger partial charge in [0.25, 0.3) is 12.3 Å². The molecule has 8 nitrogen and oxygen atoms in total. The average molecular weight is 567 g/mol. The number of alkyl halides is 5. The monoisotopic (exact) mass is 566 g/mol. The van der Waals surface area contributed by atoms with Crippen LogP contribution in [-0.2, 0) is 7.05 Å². The topological polar surface area (TPSA) is 94.0 Å². The minimum Gasteiger partial charge on any atom is -0.471 e. The SMILES string of the molecule is Cn1c(Nc2c(Cl)cncc2Cl)nc2cc(C(=O)N[C@H]3CC[C@H](C(F)(F)F)CC3)c(OCC(F)F)nc21. The molecule has 0 bridgehead atoms. The Labute approximate surface area is 217 Å². The molecule has 0 radical (unpaired) electrons. The number of pyridine rings is 2. The van der Waals surface area contributed by atoms with Gasteiger partial charge in [0, 0.05) is 25.5 Å². The Balaban J connectivity index is 1.62. The lowest BCUT2D eigenvalue weighted by Crippen LogP contribution is -2.40. The highest BCUT2D eigenvalue weighted by molar-refractivity contribution is 6.39. The van der Waals surface area contributed by atoms with Crippen LogP contribution in [0.3, 0.4) is 0 Å². The number of halogens is 7. The highest BCUT2D eigenvalue weighted by Gasteiger charge is 2.41. The summed E-state index contributed by atoms with van der Waals surface area (Å²) in [6.45, 7) is -1.01. The number of aromatic nitrogens is 4. The third kappa shape index (κ3) is 6.15. The van der Waals surface area contributed by atoms with Gasteiger partial charge in [-0.25, -0.2) is 13.8 Å². The van der Waals surface area contributed by atoms with Crippen LogP contribution >= 0.6 is 23.2 Å². The van der Waals surface area contributed by atoms with Gasteiger partial charge in [0.05, 0.1) is 21.7 Å². The number of fused-ring (bicyclic) bond motifs is 1. The maximum atomic E-state index is 13.0. The zero-order valence-electron chi connectivity index (χ0n) is 19.3. The molecular formula is C22H21Cl2F5N6O2. The molecule has 4 rings (SSSR count). The van der Waals surface area contributed by atoms with Gasteiger partial charge in [-0.2, -0.15) is 18.2 Å². The zero-order valence-corrected chi connectivity index (χ0v) is 20.8. The van der Waals surface area contributed by atoms with E-state index in [0.29, 0.717) is 5.69 Å². The van der Waals surface area contributed by atoms with Gasteiger partial charge >= 0.3 is 6.18 Å². The second kappa shape index (κ2) is 10.8. The molecule has 3 aromatic rings. The van der Waals surface area contributed by atoms with Crippen LogP contribution in [0.1, 0.15) is 36.0 Å². The Bertz CT molecular complexity index is 1270. The number of hydrogen-bond acceptors (Lipinski definition) is 6. The quantitative estimate of drug-likeness (QED) is 0.345. The van der Waals surface area contributed by atoms with E-state index >= 15 is 0 Å². The molecule has 2 N–H and O–H groups in total. The molecule has 1 saturated carbocycles. The van der Waals surface area contributed by atoms with Crippen molar-refractivity contribution >= 4 is 51.9 Å². The molecule has 0 atom stereocenters. The van der Waals surface area contributed by atoms with Gasteiger partial charge in [-0.1, -0.05) is 23.2 Å². The molecule has 1 fully saturated rings. The Morgan fingerprint density at radius 1 is 1.16 bits per heavy atom. The van der Waals surface area contributed by atoms with Crippen LogP contribution in [0.15, 0.2) is 18.5 Å². The van der Waals surface area contributed by atoms with E-state index in [-0.39, 0.29) is 64.3 Å². The fourth-order valence-corrected chi connectivity index (χ4v) is 4.55. The van der Waals surface area contributed by atoms with Crippen molar-refractivity contribution in [1.82, 2.24) is 24.8 Å². The first kappa shape index (κ1) is 27.1. The summed E-state index contributed by atoms with van der Waals surface area (Å²) in [6.07, 6.45) is -4.34. The van der Waals surface area contributed by atoms with Gasteiger partial charge in [-0.3, -0.25) is 14.3 Å². The Morgan fingerprint density at radius 3 is 2.41 bits per heavy atom. The summed E-state index contributed by atoms with van der Waals surface area (Å²) in [5.74, 6) is -2.26. The molecule has 37 heavy (non-hydrogen) atoms. The molecule has 3 aromatic heterocycles. The number of carbonyl (C=O) groups excluding carboxylic acids is 1. The zero-order chi connectivity index (χ0) is 26.9. The fourth-order valence-electron chi connectivity index (χ4n) is 4.09. The van der Waals surface area contributed by atoms with E-state index in [9.17, 15) is 26.7 Å². The largest absolute Gasteiger partial charge is 0.471 e. The van der Waals surface area contributed by atoms with Gasteiger partial charge in [0.2, 0.25) is 11.8 Å². The van der Waals surface area contributed by atoms with Crippen molar-refractivity contribution in [2.24, 2.45) is 13.0 Å². The standard InChI is InChI=1S/C22H21Cl2F5N6O2/c1-35-18-15(32-21(35)33-17-13(23)7-30-8-14(17)24)6-12(20(34-18)37-9-16(25)26)19(36)31-11-4-2-10(3-5-11)22(27,28)29/h6-8,10-11,16H,2-5,9H2,1H3,(H,31,36)(H,30,32,33)/t10-,11-. The van der Waals surface area contributed by atoms with Crippen LogP contribution in [0, 0.1) is 5.92 Å². The first-order valence-corrected chi connectivity index (χ1v) is 11.9. The van der Waals surface area contributed by atoms with Crippen molar-refractivity contribution in [3.8, 4) is 5.88 Å². The molecule has 1 aliphatic rings. The molecule has 1 amide bonds. The second-order valence-electron chi connectivity index (χ2n) is 8.55.